The molecule has 0 aromatic rings. The summed E-state index contributed by atoms with van der Waals surface area (Å²) < 4.78 is 0. The number of carbonyl (C=O) groups excluding carboxylic acids is 1. The first kappa shape index (κ1) is 16.8. The van der Waals surface area contributed by atoms with E-state index in [4.69, 9.17) is 10.9 Å². The first-order valence-corrected chi connectivity index (χ1v) is 7.75. The van der Waals surface area contributed by atoms with E-state index in [0.717, 1.165) is 38.5 Å². The zero-order chi connectivity index (χ0) is 15.2. The summed E-state index contributed by atoms with van der Waals surface area (Å²) in [4.78, 5) is 14.5. The quantitative estimate of drug-likeness (QED) is 0.340. The number of amides is 1. The molecule has 1 aliphatic heterocycles. The smallest absolute Gasteiger partial charge is 0.225 e. The van der Waals surface area contributed by atoms with Crippen LogP contribution in [0.5, 0.6) is 0 Å². The lowest BCUT2D eigenvalue weighted by atomic mass is 9.79. The molecule has 3 N–H and O–H groups in total. The number of amidine groups is 1. The Labute approximate surface area is 122 Å². The van der Waals surface area contributed by atoms with Crippen LogP contribution in [0.25, 0.3) is 0 Å². The van der Waals surface area contributed by atoms with Gasteiger partial charge in [0.25, 0.3) is 0 Å². The molecule has 1 saturated heterocycles. The second-order valence-electron chi connectivity index (χ2n) is 6.12. The summed E-state index contributed by atoms with van der Waals surface area (Å²) in [7, 11) is 0. The van der Waals surface area contributed by atoms with Gasteiger partial charge in [0.2, 0.25) is 5.91 Å². The van der Waals surface area contributed by atoms with Gasteiger partial charge in [0, 0.05) is 24.4 Å². The summed E-state index contributed by atoms with van der Waals surface area (Å²) in [6.07, 6.45) is 5.66. The normalized spacial score (nSPS) is 20.8. The van der Waals surface area contributed by atoms with Crippen LogP contribution in [0.1, 0.15) is 59.3 Å². The van der Waals surface area contributed by atoms with Crippen molar-refractivity contribution < 1.29 is 10.0 Å². The number of unbranched alkanes of at least 4 members (excludes halogenated alkanes) is 1. The maximum atomic E-state index is 12.5. The number of hydrogen-bond donors (Lipinski definition) is 2. The molecule has 1 atom stereocenters. The Balaban J connectivity index is 2.58. The maximum absolute atomic E-state index is 12.5. The molecule has 5 nitrogen and oxygen atoms in total. The molecule has 1 heterocycles. The Bertz CT molecular complexity index is 347. The van der Waals surface area contributed by atoms with Gasteiger partial charge in [0.15, 0.2) is 0 Å². The van der Waals surface area contributed by atoms with Gasteiger partial charge in [-0.2, -0.15) is 0 Å². The molecule has 1 amide bonds. The molecule has 0 aromatic carbocycles. The summed E-state index contributed by atoms with van der Waals surface area (Å²) in [5, 5.41) is 12.0. The van der Waals surface area contributed by atoms with E-state index in [0.29, 0.717) is 13.1 Å². The minimum atomic E-state index is -0.281. The van der Waals surface area contributed by atoms with Gasteiger partial charge in [-0.25, -0.2) is 0 Å². The van der Waals surface area contributed by atoms with Crippen LogP contribution in [0.15, 0.2) is 5.16 Å². The Morgan fingerprint density at radius 2 is 2.00 bits per heavy atom. The SMILES string of the molecule is CCCCC(CC)C(=O)N1CCC(C)(C(N)=NO)CC1. The first-order valence-electron chi connectivity index (χ1n) is 7.75. The minimum Gasteiger partial charge on any atom is -0.409 e. The van der Waals surface area contributed by atoms with Crippen LogP contribution >= 0.6 is 0 Å². The van der Waals surface area contributed by atoms with Crippen molar-refractivity contribution in [2.75, 3.05) is 13.1 Å². The molecule has 0 radical (unpaired) electrons. The maximum Gasteiger partial charge on any atom is 0.225 e. The standard InChI is InChI=1S/C15H29N3O2/c1-4-6-7-12(5-2)13(19)18-10-8-15(3,9-11-18)14(16)17-20/h12,20H,4-11H2,1-3H3,(H2,16,17). The van der Waals surface area contributed by atoms with Crippen molar-refractivity contribution in [1.29, 1.82) is 0 Å². The molecule has 5 heteroatoms. The van der Waals surface area contributed by atoms with Crippen LogP contribution in [0.4, 0.5) is 0 Å². The van der Waals surface area contributed by atoms with Gasteiger partial charge in [0.05, 0.1) is 0 Å². The molecule has 20 heavy (non-hydrogen) atoms. The number of piperidine rings is 1. The molecule has 1 rings (SSSR count). The van der Waals surface area contributed by atoms with Gasteiger partial charge in [-0.3, -0.25) is 4.79 Å². The van der Waals surface area contributed by atoms with Crippen molar-refractivity contribution in [2.24, 2.45) is 22.2 Å². The van der Waals surface area contributed by atoms with Crippen LogP contribution in [0, 0.1) is 11.3 Å². The zero-order valence-corrected chi connectivity index (χ0v) is 13.1. The van der Waals surface area contributed by atoms with Crippen LogP contribution in [-0.4, -0.2) is 34.9 Å². The lowest BCUT2D eigenvalue weighted by Crippen LogP contribution is -2.48. The van der Waals surface area contributed by atoms with Crippen LogP contribution in [0.2, 0.25) is 0 Å². The Morgan fingerprint density at radius 1 is 1.40 bits per heavy atom. The fraction of sp³-hybridized carbons (Fsp3) is 0.867. The average molecular weight is 283 g/mol. The van der Waals surface area contributed by atoms with Gasteiger partial charge >= 0.3 is 0 Å². The van der Waals surface area contributed by atoms with Crippen LogP contribution in [-0.2, 0) is 4.79 Å². The monoisotopic (exact) mass is 283 g/mol. The van der Waals surface area contributed by atoms with Crippen LogP contribution < -0.4 is 5.73 Å². The fourth-order valence-electron chi connectivity index (χ4n) is 2.81. The molecule has 1 fully saturated rings. The lowest BCUT2D eigenvalue weighted by Gasteiger charge is -2.39. The number of nitrogens with zero attached hydrogens (tertiary/aromatic N) is 2. The van der Waals surface area contributed by atoms with Crippen LogP contribution in [0.3, 0.4) is 0 Å². The fourth-order valence-corrected chi connectivity index (χ4v) is 2.81. The molecule has 0 spiro atoms. The van der Waals surface area contributed by atoms with E-state index in [9.17, 15) is 4.79 Å². The Morgan fingerprint density at radius 3 is 2.45 bits per heavy atom. The van der Waals surface area contributed by atoms with E-state index in [1.165, 1.54) is 0 Å². The second-order valence-corrected chi connectivity index (χ2v) is 6.12. The topological polar surface area (TPSA) is 78.9 Å². The van der Waals surface area contributed by atoms with Crippen molar-refractivity contribution in [3.63, 3.8) is 0 Å². The van der Waals surface area contributed by atoms with Crippen molar-refractivity contribution >= 4 is 11.7 Å². The summed E-state index contributed by atoms with van der Waals surface area (Å²) in [6.45, 7) is 7.64. The van der Waals surface area contributed by atoms with Crippen molar-refractivity contribution in [3.8, 4) is 0 Å². The summed E-state index contributed by atoms with van der Waals surface area (Å²) >= 11 is 0. The minimum absolute atomic E-state index is 0.156. The number of nitrogens with two attached hydrogens (primary N) is 1. The number of rotatable bonds is 6. The third kappa shape index (κ3) is 3.87. The van der Waals surface area contributed by atoms with E-state index >= 15 is 0 Å². The van der Waals surface area contributed by atoms with E-state index in [1.807, 2.05) is 11.8 Å². The molecular formula is C15H29N3O2. The van der Waals surface area contributed by atoms with E-state index in [-0.39, 0.29) is 23.1 Å². The lowest BCUT2D eigenvalue weighted by molar-refractivity contribution is -0.137. The zero-order valence-electron chi connectivity index (χ0n) is 13.1. The molecular weight excluding hydrogens is 254 g/mol. The highest BCUT2D eigenvalue weighted by molar-refractivity contribution is 5.86. The largest absolute Gasteiger partial charge is 0.409 e. The van der Waals surface area contributed by atoms with E-state index in [2.05, 4.69) is 19.0 Å². The van der Waals surface area contributed by atoms with Gasteiger partial charge < -0.3 is 15.8 Å². The predicted molar refractivity (Wildman–Crippen MR) is 80.6 cm³/mol. The molecule has 0 aliphatic carbocycles. The van der Waals surface area contributed by atoms with E-state index < -0.39 is 0 Å². The highest BCUT2D eigenvalue weighted by atomic mass is 16.4. The van der Waals surface area contributed by atoms with Crippen molar-refractivity contribution in [2.45, 2.75) is 59.3 Å². The molecule has 1 aliphatic rings. The number of hydrogen-bond acceptors (Lipinski definition) is 3. The van der Waals surface area contributed by atoms with Gasteiger partial charge in [0.1, 0.15) is 5.84 Å². The highest BCUT2D eigenvalue weighted by Gasteiger charge is 2.36. The number of oxime groups is 1. The van der Waals surface area contributed by atoms with Crippen molar-refractivity contribution in [3.05, 3.63) is 0 Å². The summed E-state index contributed by atoms with van der Waals surface area (Å²) in [6, 6.07) is 0. The third-order valence-corrected chi connectivity index (χ3v) is 4.65. The molecule has 0 aromatic heterocycles. The second kappa shape index (κ2) is 7.50. The molecule has 116 valence electrons. The number of likely N-dealkylation sites (tertiary alicyclic amines) is 1. The average Bonchev–Trinajstić information content (AvgIpc) is 2.47. The molecule has 0 bridgehead atoms. The molecule has 1 unspecified atom stereocenters. The van der Waals surface area contributed by atoms with Gasteiger partial charge in [-0.05, 0) is 25.7 Å². The van der Waals surface area contributed by atoms with Crippen molar-refractivity contribution in [1.82, 2.24) is 4.90 Å². The Kier molecular flexibility index (Phi) is 6.30. The van der Waals surface area contributed by atoms with Gasteiger partial charge in [-0.15, -0.1) is 0 Å². The Hall–Kier alpha value is -1.26. The predicted octanol–water partition coefficient (Wildman–Crippen LogP) is 2.58. The third-order valence-electron chi connectivity index (χ3n) is 4.65. The highest BCUT2D eigenvalue weighted by Crippen LogP contribution is 2.32. The summed E-state index contributed by atoms with van der Waals surface area (Å²) in [5.41, 5.74) is 5.47. The number of carbonyl (C=O) groups is 1. The summed E-state index contributed by atoms with van der Waals surface area (Å²) in [5.74, 6) is 0.716. The first-order chi connectivity index (χ1) is 9.48. The van der Waals surface area contributed by atoms with Gasteiger partial charge in [-0.1, -0.05) is 38.8 Å². The molecule has 0 saturated carbocycles. The van der Waals surface area contributed by atoms with E-state index in [1.54, 1.807) is 0 Å².